The monoisotopic (exact) mass is 476 g/mol. The zero-order valence-corrected chi connectivity index (χ0v) is 19.3. The van der Waals surface area contributed by atoms with Crippen molar-refractivity contribution in [3.05, 3.63) is 88.2 Å². The highest BCUT2D eigenvalue weighted by Gasteiger charge is 2.15. The number of halogens is 2. The summed E-state index contributed by atoms with van der Waals surface area (Å²) in [4.78, 5) is 22.1. The van der Waals surface area contributed by atoms with E-state index in [0.717, 1.165) is 31.4 Å². The Balaban J connectivity index is 0.000000554. The molecule has 0 aliphatic rings. The van der Waals surface area contributed by atoms with E-state index >= 15 is 0 Å². The molecule has 1 heterocycles. The van der Waals surface area contributed by atoms with Crippen LogP contribution in [0.25, 0.3) is 11.1 Å². The average molecular weight is 477 g/mol. The topological polar surface area (TPSA) is 114 Å². The number of nitrogens with two attached hydrogens (primary N) is 1. The first-order chi connectivity index (χ1) is 15.1. The van der Waals surface area contributed by atoms with Crippen molar-refractivity contribution in [2.24, 2.45) is 5.73 Å². The van der Waals surface area contributed by atoms with Crippen molar-refractivity contribution in [2.75, 3.05) is 6.54 Å². The van der Waals surface area contributed by atoms with Crippen LogP contribution in [0.1, 0.15) is 37.3 Å². The van der Waals surface area contributed by atoms with Crippen molar-refractivity contribution < 1.29 is 19.8 Å². The molecule has 0 bridgehead atoms. The minimum atomic E-state index is -0.833. The van der Waals surface area contributed by atoms with Crippen molar-refractivity contribution in [3.63, 3.8) is 0 Å². The standard InChI is InChI=1S/C20H18Cl2N2.2C2H4O2/c21-19-6-5-17(13-20(19)22)18(7-10-23)16-3-1-14(2-4-16)15-8-11-24-12-9-15;2*1-2(3)4/h1-6,8-9,11-13,18H,7,10,23H2;2*1H3,(H,3,4). The number of aromatic nitrogens is 1. The van der Waals surface area contributed by atoms with Crippen LogP contribution in [0.3, 0.4) is 0 Å². The Kier molecular flexibility index (Phi) is 12.0. The van der Waals surface area contributed by atoms with E-state index in [2.05, 4.69) is 29.2 Å². The Morgan fingerprint density at radius 1 is 0.844 bits per heavy atom. The number of pyridine rings is 1. The molecular formula is C24H26Cl2N2O4. The number of hydrogen-bond donors (Lipinski definition) is 3. The molecule has 32 heavy (non-hydrogen) atoms. The molecule has 0 aliphatic carbocycles. The lowest BCUT2D eigenvalue weighted by molar-refractivity contribution is -0.135. The summed E-state index contributed by atoms with van der Waals surface area (Å²) >= 11 is 12.2. The summed E-state index contributed by atoms with van der Waals surface area (Å²) < 4.78 is 0. The minimum Gasteiger partial charge on any atom is -0.481 e. The predicted octanol–water partition coefficient (Wildman–Crippen LogP) is 5.72. The molecule has 170 valence electrons. The van der Waals surface area contributed by atoms with Crippen LogP contribution in [-0.4, -0.2) is 33.7 Å². The largest absolute Gasteiger partial charge is 0.481 e. The Morgan fingerprint density at radius 2 is 1.31 bits per heavy atom. The van der Waals surface area contributed by atoms with Gasteiger partial charge in [0.25, 0.3) is 11.9 Å². The highest BCUT2D eigenvalue weighted by molar-refractivity contribution is 6.42. The Hall–Kier alpha value is -2.93. The molecule has 0 saturated heterocycles. The second kappa shape index (κ2) is 14.2. The van der Waals surface area contributed by atoms with E-state index < -0.39 is 11.9 Å². The van der Waals surface area contributed by atoms with E-state index in [9.17, 15) is 0 Å². The molecule has 6 nitrogen and oxygen atoms in total. The molecular weight excluding hydrogens is 451 g/mol. The SMILES string of the molecule is CC(=O)O.CC(=O)O.NCCC(c1ccc(-c2ccncc2)cc1)c1ccc(Cl)c(Cl)c1. The van der Waals surface area contributed by atoms with Gasteiger partial charge in [0.15, 0.2) is 0 Å². The van der Waals surface area contributed by atoms with Gasteiger partial charge in [-0.3, -0.25) is 14.6 Å². The fraction of sp³-hybridized carbons (Fsp3) is 0.208. The molecule has 8 heteroatoms. The minimum absolute atomic E-state index is 0.205. The first kappa shape index (κ1) is 27.1. The summed E-state index contributed by atoms with van der Waals surface area (Å²) in [6.45, 7) is 2.77. The molecule has 2 aromatic carbocycles. The first-order valence-electron chi connectivity index (χ1n) is 9.70. The summed E-state index contributed by atoms with van der Waals surface area (Å²) in [5.74, 6) is -1.46. The number of hydrogen-bond acceptors (Lipinski definition) is 4. The van der Waals surface area contributed by atoms with Crippen LogP contribution < -0.4 is 5.73 Å². The third-order valence-electron chi connectivity index (χ3n) is 4.13. The zero-order chi connectivity index (χ0) is 24.1. The maximum atomic E-state index is 9.00. The fourth-order valence-corrected chi connectivity index (χ4v) is 3.18. The lowest BCUT2D eigenvalue weighted by Crippen LogP contribution is -2.09. The number of carbonyl (C=O) groups is 2. The van der Waals surface area contributed by atoms with E-state index in [1.807, 2.05) is 30.3 Å². The van der Waals surface area contributed by atoms with Crippen LogP contribution in [0.2, 0.25) is 10.0 Å². The summed E-state index contributed by atoms with van der Waals surface area (Å²) in [7, 11) is 0. The van der Waals surface area contributed by atoms with Crippen molar-refractivity contribution in [2.45, 2.75) is 26.2 Å². The van der Waals surface area contributed by atoms with E-state index in [1.54, 1.807) is 12.4 Å². The molecule has 0 amide bonds. The molecule has 3 aromatic rings. The third kappa shape index (κ3) is 9.92. The van der Waals surface area contributed by atoms with Gasteiger partial charge < -0.3 is 15.9 Å². The summed E-state index contributed by atoms with van der Waals surface area (Å²) in [6, 6.07) is 18.4. The van der Waals surface area contributed by atoms with Crippen molar-refractivity contribution >= 4 is 35.1 Å². The number of benzene rings is 2. The van der Waals surface area contributed by atoms with Crippen LogP contribution in [0, 0.1) is 0 Å². The molecule has 0 spiro atoms. The van der Waals surface area contributed by atoms with Crippen LogP contribution in [0.15, 0.2) is 67.0 Å². The molecule has 0 radical (unpaired) electrons. The second-order valence-electron chi connectivity index (χ2n) is 6.70. The zero-order valence-electron chi connectivity index (χ0n) is 17.8. The van der Waals surface area contributed by atoms with Gasteiger partial charge in [0.05, 0.1) is 10.0 Å². The van der Waals surface area contributed by atoms with Gasteiger partial charge in [0.2, 0.25) is 0 Å². The lowest BCUT2D eigenvalue weighted by Gasteiger charge is -2.18. The van der Waals surface area contributed by atoms with Gasteiger partial charge in [-0.2, -0.15) is 0 Å². The molecule has 3 rings (SSSR count). The van der Waals surface area contributed by atoms with E-state index in [1.165, 1.54) is 11.1 Å². The van der Waals surface area contributed by atoms with Gasteiger partial charge >= 0.3 is 0 Å². The number of nitrogens with zero attached hydrogens (tertiary/aromatic N) is 1. The van der Waals surface area contributed by atoms with Gasteiger partial charge in [-0.1, -0.05) is 53.5 Å². The highest BCUT2D eigenvalue weighted by atomic mass is 35.5. The number of aliphatic carboxylic acids is 2. The molecule has 1 atom stereocenters. The summed E-state index contributed by atoms with van der Waals surface area (Å²) in [6.07, 6.45) is 4.46. The van der Waals surface area contributed by atoms with Crippen LogP contribution >= 0.6 is 23.2 Å². The molecule has 1 unspecified atom stereocenters. The van der Waals surface area contributed by atoms with Crippen molar-refractivity contribution in [3.8, 4) is 11.1 Å². The average Bonchev–Trinajstić information content (AvgIpc) is 2.74. The molecule has 0 aliphatic heterocycles. The van der Waals surface area contributed by atoms with Crippen LogP contribution in [0.4, 0.5) is 0 Å². The van der Waals surface area contributed by atoms with Gasteiger partial charge in [0, 0.05) is 32.2 Å². The summed E-state index contributed by atoms with van der Waals surface area (Å²) in [5, 5.41) is 16.0. The Bertz CT molecular complexity index is 977. The number of rotatable bonds is 5. The molecule has 0 fully saturated rings. The third-order valence-corrected chi connectivity index (χ3v) is 4.87. The predicted molar refractivity (Wildman–Crippen MR) is 128 cm³/mol. The van der Waals surface area contributed by atoms with Crippen LogP contribution in [-0.2, 0) is 9.59 Å². The fourth-order valence-electron chi connectivity index (χ4n) is 2.87. The number of carboxylic acid groups (broad SMARTS) is 2. The highest BCUT2D eigenvalue weighted by Crippen LogP contribution is 2.33. The quantitative estimate of drug-likeness (QED) is 0.433. The van der Waals surface area contributed by atoms with Crippen LogP contribution in [0.5, 0.6) is 0 Å². The molecule has 1 aromatic heterocycles. The van der Waals surface area contributed by atoms with Crippen molar-refractivity contribution in [1.29, 1.82) is 0 Å². The van der Waals surface area contributed by atoms with Gasteiger partial charge in [-0.15, -0.1) is 0 Å². The van der Waals surface area contributed by atoms with Crippen molar-refractivity contribution in [1.82, 2.24) is 4.98 Å². The molecule has 4 N–H and O–H groups in total. The van der Waals surface area contributed by atoms with Gasteiger partial charge in [0.1, 0.15) is 0 Å². The second-order valence-corrected chi connectivity index (χ2v) is 7.51. The maximum Gasteiger partial charge on any atom is 0.300 e. The van der Waals surface area contributed by atoms with E-state index in [4.69, 9.17) is 48.7 Å². The first-order valence-corrected chi connectivity index (χ1v) is 10.5. The van der Waals surface area contributed by atoms with E-state index in [-0.39, 0.29) is 5.92 Å². The Labute approximate surface area is 197 Å². The summed E-state index contributed by atoms with van der Waals surface area (Å²) in [5.41, 5.74) is 10.5. The molecule has 0 saturated carbocycles. The maximum absolute atomic E-state index is 9.00. The smallest absolute Gasteiger partial charge is 0.300 e. The normalized spacial score (nSPS) is 10.7. The lowest BCUT2D eigenvalue weighted by atomic mass is 9.88. The Morgan fingerprint density at radius 3 is 1.78 bits per heavy atom. The van der Waals surface area contributed by atoms with E-state index in [0.29, 0.717) is 16.6 Å². The number of carboxylic acids is 2. The van der Waals surface area contributed by atoms with Gasteiger partial charge in [-0.05, 0) is 59.5 Å². The van der Waals surface area contributed by atoms with Gasteiger partial charge in [-0.25, -0.2) is 0 Å².